The average molecular weight is 265 g/mol. The normalized spacial score (nSPS) is 19.2. The van der Waals surface area contributed by atoms with Gasteiger partial charge in [0, 0.05) is 19.1 Å². The molecule has 1 aliphatic rings. The molecule has 1 N–H and O–H groups in total. The number of hydrogen-bond donors (Lipinski definition) is 1. The van der Waals surface area contributed by atoms with Crippen LogP contribution >= 0.6 is 0 Å². The Labute approximate surface area is 113 Å². The average Bonchev–Trinajstić information content (AvgIpc) is 2.46. The van der Waals surface area contributed by atoms with Crippen LogP contribution in [0, 0.1) is 5.82 Å². The molecule has 1 unspecified atom stereocenters. The molecule has 5 heteroatoms. The number of likely N-dealkylation sites (N-methyl/N-ethyl adjacent to an activating group) is 1. The Balaban J connectivity index is 1.99. The second-order valence-corrected chi connectivity index (χ2v) is 4.85. The Bertz CT molecular complexity index is 415. The molecule has 4 nitrogen and oxygen atoms in total. The zero-order valence-corrected chi connectivity index (χ0v) is 11.2. The number of carbonyl (C=O) groups excluding carboxylic acids is 1. The van der Waals surface area contributed by atoms with Crippen LogP contribution in [0.2, 0.25) is 0 Å². The van der Waals surface area contributed by atoms with Gasteiger partial charge in [0.05, 0.1) is 6.20 Å². The van der Waals surface area contributed by atoms with Crippen molar-refractivity contribution >= 4 is 5.91 Å². The van der Waals surface area contributed by atoms with Gasteiger partial charge < -0.3 is 10.2 Å². The zero-order chi connectivity index (χ0) is 13.7. The summed E-state index contributed by atoms with van der Waals surface area (Å²) in [5, 5.41) is 3.43. The van der Waals surface area contributed by atoms with Crippen molar-refractivity contribution in [3.8, 4) is 0 Å². The summed E-state index contributed by atoms with van der Waals surface area (Å²) in [6.07, 6.45) is 4.59. The van der Waals surface area contributed by atoms with Crippen LogP contribution in [-0.2, 0) is 0 Å². The number of amides is 1. The van der Waals surface area contributed by atoms with E-state index >= 15 is 0 Å². The Morgan fingerprint density at radius 2 is 2.37 bits per heavy atom. The largest absolute Gasteiger partial charge is 0.336 e. The summed E-state index contributed by atoms with van der Waals surface area (Å²) in [5.74, 6) is -0.552. The van der Waals surface area contributed by atoms with Crippen molar-refractivity contribution in [2.75, 3.05) is 19.6 Å². The van der Waals surface area contributed by atoms with Crippen LogP contribution in [0.15, 0.2) is 18.3 Å². The van der Waals surface area contributed by atoms with Crippen molar-refractivity contribution in [1.82, 2.24) is 15.2 Å². The van der Waals surface area contributed by atoms with Gasteiger partial charge in [-0.05, 0) is 38.4 Å². The molecule has 104 valence electrons. The van der Waals surface area contributed by atoms with Crippen molar-refractivity contribution in [3.05, 3.63) is 29.8 Å². The summed E-state index contributed by atoms with van der Waals surface area (Å²) < 4.78 is 12.8. The third-order valence-corrected chi connectivity index (χ3v) is 3.47. The van der Waals surface area contributed by atoms with Crippen molar-refractivity contribution in [2.24, 2.45) is 0 Å². The van der Waals surface area contributed by atoms with Gasteiger partial charge in [-0.25, -0.2) is 9.37 Å². The summed E-state index contributed by atoms with van der Waals surface area (Å²) in [6.45, 7) is 4.29. The first-order chi connectivity index (χ1) is 9.20. The highest BCUT2D eigenvalue weighted by Gasteiger charge is 2.21. The molecule has 0 radical (unpaired) electrons. The summed E-state index contributed by atoms with van der Waals surface area (Å²) in [4.78, 5) is 17.9. The molecule has 0 aromatic carbocycles. The molecule has 0 bridgehead atoms. The van der Waals surface area contributed by atoms with E-state index in [1.54, 1.807) is 4.90 Å². The van der Waals surface area contributed by atoms with Gasteiger partial charge in [-0.3, -0.25) is 4.79 Å². The van der Waals surface area contributed by atoms with Crippen LogP contribution in [0.5, 0.6) is 0 Å². The lowest BCUT2D eigenvalue weighted by Gasteiger charge is -2.29. The number of piperidine rings is 1. The molecule has 0 saturated carbocycles. The molecule has 0 aliphatic carbocycles. The lowest BCUT2D eigenvalue weighted by molar-refractivity contribution is 0.0735. The van der Waals surface area contributed by atoms with E-state index in [0.29, 0.717) is 24.8 Å². The first-order valence-electron chi connectivity index (χ1n) is 6.85. The Hall–Kier alpha value is -1.49. The lowest BCUT2D eigenvalue weighted by atomic mass is 10.0. The zero-order valence-electron chi connectivity index (χ0n) is 11.2. The number of nitrogens with zero attached hydrogens (tertiary/aromatic N) is 2. The van der Waals surface area contributed by atoms with E-state index in [-0.39, 0.29) is 5.91 Å². The standard InChI is InChI=1S/C14H20FN3O/c1-2-18(10-12-5-3-4-8-16-12)14(19)13-7-6-11(15)9-17-13/h6-7,9,12,16H,2-5,8,10H2,1H3. The maximum atomic E-state index is 12.8. The van der Waals surface area contributed by atoms with Gasteiger partial charge in [0.15, 0.2) is 0 Å². The molecule has 1 saturated heterocycles. The number of aromatic nitrogens is 1. The quantitative estimate of drug-likeness (QED) is 0.903. The van der Waals surface area contributed by atoms with E-state index in [1.807, 2.05) is 6.92 Å². The molecule has 2 rings (SSSR count). The van der Waals surface area contributed by atoms with Crippen molar-refractivity contribution < 1.29 is 9.18 Å². The van der Waals surface area contributed by atoms with Gasteiger partial charge in [-0.15, -0.1) is 0 Å². The summed E-state index contributed by atoms with van der Waals surface area (Å²) in [7, 11) is 0. The first kappa shape index (κ1) is 13.9. The fourth-order valence-electron chi connectivity index (χ4n) is 2.37. The van der Waals surface area contributed by atoms with E-state index < -0.39 is 5.82 Å². The van der Waals surface area contributed by atoms with Gasteiger partial charge in [-0.1, -0.05) is 6.42 Å². The molecule has 1 aromatic rings. The minimum absolute atomic E-state index is 0.130. The second-order valence-electron chi connectivity index (χ2n) is 4.85. The minimum atomic E-state index is -0.423. The molecule has 1 aromatic heterocycles. The van der Waals surface area contributed by atoms with Crippen molar-refractivity contribution in [2.45, 2.75) is 32.2 Å². The van der Waals surface area contributed by atoms with Gasteiger partial charge in [0.25, 0.3) is 5.91 Å². The summed E-state index contributed by atoms with van der Waals surface area (Å²) in [6, 6.07) is 3.07. The number of nitrogens with one attached hydrogen (secondary N) is 1. The summed E-state index contributed by atoms with van der Waals surface area (Å²) >= 11 is 0. The number of pyridine rings is 1. The summed E-state index contributed by atoms with van der Waals surface area (Å²) in [5.41, 5.74) is 0.305. The number of halogens is 1. The van der Waals surface area contributed by atoms with Gasteiger partial charge >= 0.3 is 0 Å². The first-order valence-corrected chi connectivity index (χ1v) is 6.85. The number of carbonyl (C=O) groups is 1. The second kappa shape index (κ2) is 6.61. The van der Waals surface area contributed by atoms with Crippen molar-refractivity contribution in [1.29, 1.82) is 0 Å². The fourth-order valence-corrected chi connectivity index (χ4v) is 2.37. The lowest BCUT2D eigenvalue weighted by Crippen LogP contribution is -2.45. The van der Waals surface area contributed by atoms with E-state index in [0.717, 1.165) is 19.2 Å². The maximum absolute atomic E-state index is 12.8. The third kappa shape index (κ3) is 3.73. The Morgan fingerprint density at radius 3 is 2.95 bits per heavy atom. The van der Waals surface area contributed by atoms with Crippen LogP contribution in [0.3, 0.4) is 0 Å². The maximum Gasteiger partial charge on any atom is 0.272 e. The SMILES string of the molecule is CCN(CC1CCCCN1)C(=O)c1ccc(F)cn1. The molecule has 1 atom stereocenters. The molecule has 1 amide bonds. The fraction of sp³-hybridized carbons (Fsp3) is 0.571. The number of hydrogen-bond acceptors (Lipinski definition) is 3. The van der Waals surface area contributed by atoms with Gasteiger partial charge in [0.2, 0.25) is 0 Å². The Kier molecular flexibility index (Phi) is 4.85. The number of rotatable bonds is 4. The molecule has 19 heavy (non-hydrogen) atoms. The highest BCUT2D eigenvalue weighted by Crippen LogP contribution is 2.10. The van der Waals surface area contributed by atoms with E-state index in [1.165, 1.54) is 25.0 Å². The smallest absolute Gasteiger partial charge is 0.272 e. The third-order valence-electron chi connectivity index (χ3n) is 3.47. The van der Waals surface area contributed by atoms with Crippen LogP contribution in [0.25, 0.3) is 0 Å². The molecule has 1 aliphatic heterocycles. The van der Waals surface area contributed by atoms with Gasteiger partial charge in [0.1, 0.15) is 11.5 Å². The topological polar surface area (TPSA) is 45.2 Å². The van der Waals surface area contributed by atoms with Crippen LogP contribution in [0.1, 0.15) is 36.7 Å². The predicted molar refractivity (Wildman–Crippen MR) is 71.4 cm³/mol. The molecular weight excluding hydrogens is 245 g/mol. The predicted octanol–water partition coefficient (Wildman–Crippen LogP) is 1.82. The van der Waals surface area contributed by atoms with E-state index in [2.05, 4.69) is 10.3 Å². The van der Waals surface area contributed by atoms with E-state index in [9.17, 15) is 9.18 Å². The Morgan fingerprint density at radius 1 is 1.53 bits per heavy atom. The minimum Gasteiger partial charge on any atom is -0.336 e. The highest BCUT2D eigenvalue weighted by molar-refractivity contribution is 5.92. The van der Waals surface area contributed by atoms with Crippen LogP contribution in [-0.4, -0.2) is 41.5 Å². The monoisotopic (exact) mass is 265 g/mol. The molecular formula is C14H20FN3O. The van der Waals surface area contributed by atoms with Gasteiger partial charge in [-0.2, -0.15) is 0 Å². The van der Waals surface area contributed by atoms with Crippen LogP contribution in [0.4, 0.5) is 4.39 Å². The van der Waals surface area contributed by atoms with Crippen LogP contribution < -0.4 is 5.32 Å². The van der Waals surface area contributed by atoms with E-state index in [4.69, 9.17) is 0 Å². The molecule has 2 heterocycles. The highest BCUT2D eigenvalue weighted by atomic mass is 19.1. The van der Waals surface area contributed by atoms with Crippen molar-refractivity contribution in [3.63, 3.8) is 0 Å². The molecule has 1 fully saturated rings. The molecule has 0 spiro atoms.